The largest absolute Gasteiger partial charge is 0.431 e. The highest BCUT2D eigenvalue weighted by atomic mass is 35.5. The van der Waals surface area contributed by atoms with E-state index in [0.717, 1.165) is 11.1 Å². The van der Waals surface area contributed by atoms with Crippen molar-refractivity contribution in [2.75, 3.05) is 0 Å². The molecule has 0 unspecified atom stereocenters. The third kappa shape index (κ3) is 3.06. The molecule has 0 spiro atoms. The van der Waals surface area contributed by atoms with E-state index in [1.54, 1.807) is 6.07 Å². The Morgan fingerprint density at radius 1 is 1.17 bits per heavy atom. The molecular weight excluding hydrogens is 352 g/mol. The summed E-state index contributed by atoms with van der Waals surface area (Å²) < 4.78 is 5.64. The van der Waals surface area contributed by atoms with Crippen LogP contribution in [0.25, 0.3) is 22.1 Å². The first kappa shape index (κ1) is 16.3. The number of H-pyrrole nitrogens is 1. The minimum Gasteiger partial charge on any atom is -0.431 e. The number of halogens is 1. The van der Waals surface area contributed by atoms with Gasteiger partial charge < -0.3 is 9.40 Å². The predicted molar refractivity (Wildman–Crippen MR) is 93.6 cm³/mol. The Kier molecular flexibility index (Phi) is 4.41. The van der Waals surface area contributed by atoms with E-state index < -0.39 is 4.92 Å². The molecule has 2 aromatic carbocycles. The molecule has 122 valence electrons. The highest BCUT2D eigenvalue weighted by Gasteiger charge is 2.11. The highest BCUT2D eigenvalue weighted by molar-refractivity contribution is 7.98. The molecule has 9 heteroatoms. The van der Waals surface area contributed by atoms with Gasteiger partial charge >= 0.3 is 0 Å². The number of nitro groups is 1. The van der Waals surface area contributed by atoms with Gasteiger partial charge in [-0.2, -0.15) is 0 Å². The number of nitro benzene ring substituents is 1. The zero-order valence-corrected chi connectivity index (χ0v) is 13.8. The maximum absolute atomic E-state index is 10.8. The molecule has 0 aliphatic heterocycles. The number of benzene rings is 2. The summed E-state index contributed by atoms with van der Waals surface area (Å²) >= 11 is 1.42. The predicted octanol–water partition coefficient (Wildman–Crippen LogP) is 4.33. The number of non-ortho nitro benzene ring substituents is 1. The lowest BCUT2D eigenvalue weighted by Gasteiger charge is -1.91. The van der Waals surface area contributed by atoms with Crippen LogP contribution in [0.2, 0.25) is 0 Å². The Morgan fingerprint density at radius 2 is 2.00 bits per heavy atom. The summed E-state index contributed by atoms with van der Waals surface area (Å²) in [6.07, 6.45) is 0. The van der Waals surface area contributed by atoms with Crippen molar-refractivity contribution in [1.29, 1.82) is 0 Å². The van der Waals surface area contributed by atoms with Crippen LogP contribution in [0, 0.1) is 10.1 Å². The zero-order valence-electron chi connectivity index (χ0n) is 12.1. The van der Waals surface area contributed by atoms with Gasteiger partial charge in [-0.15, -0.1) is 12.4 Å². The number of para-hydroxylation sites is 2. The molecule has 0 aliphatic rings. The molecule has 2 aromatic heterocycles. The molecular formula is C15H11ClN4O3S. The summed E-state index contributed by atoms with van der Waals surface area (Å²) in [6, 6.07) is 12.1. The van der Waals surface area contributed by atoms with Crippen molar-refractivity contribution in [3.05, 3.63) is 58.4 Å². The minimum atomic E-state index is -0.424. The van der Waals surface area contributed by atoms with Gasteiger partial charge in [0.1, 0.15) is 11.3 Å². The smallest absolute Gasteiger partial charge is 0.271 e. The zero-order chi connectivity index (χ0) is 15.8. The van der Waals surface area contributed by atoms with Crippen molar-refractivity contribution < 1.29 is 9.34 Å². The van der Waals surface area contributed by atoms with Gasteiger partial charge in [0.25, 0.3) is 10.9 Å². The van der Waals surface area contributed by atoms with Crippen molar-refractivity contribution in [2.45, 2.75) is 11.0 Å². The quantitative estimate of drug-likeness (QED) is 0.329. The van der Waals surface area contributed by atoms with Crippen LogP contribution in [0.4, 0.5) is 5.69 Å². The normalized spacial score (nSPS) is 10.8. The van der Waals surface area contributed by atoms with E-state index in [1.165, 1.54) is 23.9 Å². The van der Waals surface area contributed by atoms with Gasteiger partial charge in [0.15, 0.2) is 5.58 Å². The molecule has 7 nitrogen and oxygen atoms in total. The highest BCUT2D eigenvalue weighted by Crippen LogP contribution is 2.26. The number of nitrogens with zero attached hydrogens (tertiary/aromatic N) is 3. The second kappa shape index (κ2) is 6.50. The number of nitrogens with one attached hydrogen (secondary N) is 1. The van der Waals surface area contributed by atoms with Gasteiger partial charge in [-0.05, 0) is 18.2 Å². The van der Waals surface area contributed by atoms with Crippen LogP contribution in [0.3, 0.4) is 0 Å². The lowest BCUT2D eigenvalue weighted by atomic mass is 10.3. The van der Waals surface area contributed by atoms with Gasteiger partial charge in [0, 0.05) is 12.1 Å². The molecule has 0 atom stereocenters. The van der Waals surface area contributed by atoms with Gasteiger partial charge in [-0.3, -0.25) is 10.1 Å². The van der Waals surface area contributed by atoms with Gasteiger partial charge in [-0.25, -0.2) is 9.97 Å². The summed E-state index contributed by atoms with van der Waals surface area (Å²) in [7, 11) is 0. The summed E-state index contributed by atoms with van der Waals surface area (Å²) in [5.74, 6) is 1.25. The number of fused-ring (bicyclic) bond motifs is 2. The van der Waals surface area contributed by atoms with Gasteiger partial charge in [0.05, 0.1) is 21.7 Å². The van der Waals surface area contributed by atoms with Crippen LogP contribution in [-0.2, 0) is 5.75 Å². The fraction of sp³-hybridized carbons (Fsp3) is 0.0667. The molecule has 0 saturated heterocycles. The number of thioether (sulfide) groups is 1. The number of aromatic amines is 1. The standard InChI is InChI=1S/C15H10N4O3S.ClH/c20-19(21)9-5-6-10-12(7-9)17-14(16-10)8-23-15-18-11-3-1-2-4-13(11)22-15;/h1-7H,8H2,(H,16,17);1H. The number of hydrogen-bond acceptors (Lipinski definition) is 6. The van der Waals surface area contributed by atoms with Crippen LogP contribution in [0.5, 0.6) is 0 Å². The molecule has 0 bridgehead atoms. The molecule has 4 rings (SSSR count). The average Bonchev–Trinajstić information content (AvgIpc) is 3.14. The molecule has 0 amide bonds. The fourth-order valence-corrected chi connectivity index (χ4v) is 2.98. The molecule has 0 aliphatic carbocycles. The van der Waals surface area contributed by atoms with E-state index in [0.29, 0.717) is 27.8 Å². The van der Waals surface area contributed by atoms with Crippen LogP contribution in [0.15, 0.2) is 52.1 Å². The number of hydrogen-bond donors (Lipinski definition) is 1. The second-order valence-corrected chi connectivity index (χ2v) is 5.80. The third-order valence-electron chi connectivity index (χ3n) is 3.33. The second-order valence-electron chi connectivity index (χ2n) is 4.88. The van der Waals surface area contributed by atoms with Crippen molar-refractivity contribution >= 4 is 52.0 Å². The van der Waals surface area contributed by atoms with Crippen LogP contribution >= 0.6 is 24.2 Å². The topological polar surface area (TPSA) is 97.8 Å². The first-order chi connectivity index (χ1) is 11.2. The molecule has 2 heterocycles. The first-order valence-corrected chi connectivity index (χ1v) is 7.79. The summed E-state index contributed by atoms with van der Waals surface area (Å²) in [5.41, 5.74) is 2.95. The van der Waals surface area contributed by atoms with Gasteiger partial charge in [0.2, 0.25) is 0 Å². The molecule has 0 fully saturated rings. The molecule has 4 aromatic rings. The van der Waals surface area contributed by atoms with Crippen LogP contribution in [-0.4, -0.2) is 19.9 Å². The van der Waals surface area contributed by atoms with E-state index in [1.807, 2.05) is 24.3 Å². The van der Waals surface area contributed by atoms with Crippen molar-refractivity contribution in [3.8, 4) is 0 Å². The maximum atomic E-state index is 10.8. The van der Waals surface area contributed by atoms with Crippen LogP contribution < -0.4 is 0 Å². The Hall–Kier alpha value is -2.58. The summed E-state index contributed by atoms with van der Waals surface area (Å²) in [5, 5.41) is 11.4. The Balaban J connectivity index is 0.00000169. The van der Waals surface area contributed by atoms with Crippen LogP contribution in [0.1, 0.15) is 5.82 Å². The number of aromatic nitrogens is 3. The fourth-order valence-electron chi connectivity index (χ4n) is 2.28. The minimum absolute atomic E-state index is 0. The van der Waals surface area contributed by atoms with E-state index in [9.17, 15) is 10.1 Å². The maximum Gasteiger partial charge on any atom is 0.271 e. The summed E-state index contributed by atoms with van der Waals surface area (Å²) in [6.45, 7) is 0. The Morgan fingerprint density at radius 3 is 2.79 bits per heavy atom. The van der Waals surface area contributed by atoms with E-state index in [-0.39, 0.29) is 18.1 Å². The monoisotopic (exact) mass is 362 g/mol. The first-order valence-electron chi connectivity index (χ1n) is 6.80. The number of imidazole rings is 1. The summed E-state index contributed by atoms with van der Waals surface area (Å²) in [4.78, 5) is 22.3. The van der Waals surface area contributed by atoms with E-state index in [4.69, 9.17) is 4.42 Å². The lowest BCUT2D eigenvalue weighted by molar-refractivity contribution is -0.384. The van der Waals surface area contributed by atoms with E-state index in [2.05, 4.69) is 15.0 Å². The SMILES string of the molecule is Cl.O=[N+]([O-])c1ccc2nc(CSc3nc4ccccc4o3)[nH]c2c1. The van der Waals surface area contributed by atoms with E-state index >= 15 is 0 Å². The number of oxazole rings is 1. The van der Waals surface area contributed by atoms with Crippen molar-refractivity contribution in [2.24, 2.45) is 0 Å². The third-order valence-corrected chi connectivity index (χ3v) is 4.17. The lowest BCUT2D eigenvalue weighted by Crippen LogP contribution is -1.86. The average molecular weight is 363 g/mol. The number of rotatable bonds is 4. The Labute approximate surface area is 146 Å². The molecule has 1 N–H and O–H groups in total. The Bertz CT molecular complexity index is 997. The molecule has 0 radical (unpaired) electrons. The molecule has 24 heavy (non-hydrogen) atoms. The van der Waals surface area contributed by atoms with Gasteiger partial charge in [-0.1, -0.05) is 23.9 Å². The van der Waals surface area contributed by atoms with Crippen molar-refractivity contribution in [3.63, 3.8) is 0 Å². The molecule has 0 saturated carbocycles. The van der Waals surface area contributed by atoms with Crippen molar-refractivity contribution in [1.82, 2.24) is 15.0 Å².